The summed E-state index contributed by atoms with van der Waals surface area (Å²) in [6.07, 6.45) is 10.3. The van der Waals surface area contributed by atoms with Gasteiger partial charge in [0.15, 0.2) is 6.79 Å². The van der Waals surface area contributed by atoms with Gasteiger partial charge in [0, 0.05) is 12.8 Å². The summed E-state index contributed by atoms with van der Waals surface area (Å²) in [4.78, 5) is 11.8. The Kier molecular flexibility index (Phi) is 10.4. The molecule has 3 heteroatoms. The third-order valence-corrected chi connectivity index (χ3v) is 4.55. The van der Waals surface area contributed by atoms with Gasteiger partial charge in [0.05, 0.1) is 6.61 Å². The van der Waals surface area contributed by atoms with Crippen molar-refractivity contribution in [3.8, 4) is 12.3 Å². The molecule has 0 heterocycles. The van der Waals surface area contributed by atoms with Crippen LogP contribution in [-0.2, 0) is 20.9 Å². The monoisotopic (exact) mass is 342 g/mol. The lowest BCUT2D eigenvalue weighted by molar-refractivity contribution is -0.157. The smallest absolute Gasteiger partial charge is 0.307 e. The Morgan fingerprint density at radius 3 is 2.68 bits per heavy atom. The van der Waals surface area contributed by atoms with Crippen LogP contribution in [0.25, 0.3) is 0 Å². The van der Waals surface area contributed by atoms with Crippen LogP contribution in [0.1, 0.15) is 45.1 Å². The van der Waals surface area contributed by atoms with Gasteiger partial charge in [-0.05, 0) is 36.2 Å². The van der Waals surface area contributed by atoms with Gasteiger partial charge in [0.25, 0.3) is 0 Å². The number of carbonyl (C=O) groups is 1. The summed E-state index contributed by atoms with van der Waals surface area (Å²) in [5, 5.41) is 0. The van der Waals surface area contributed by atoms with Crippen molar-refractivity contribution < 1.29 is 14.3 Å². The van der Waals surface area contributed by atoms with E-state index in [0.717, 1.165) is 24.8 Å². The number of rotatable bonds is 12. The number of allylic oxidation sites excluding steroid dienone is 1. The zero-order chi connectivity index (χ0) is 18.5. The highest BCUT2D eigenvalue weighted by Gasteiger charge is 2.21. The molecule has 25 heavy (non-hydrogen) atoms. The minimum atomic E-state index is -0.220. The van der Waals surface area contributed by atoms with Crippen LogP contribution < -0.4 is 0 Å². The molecule has 0 aliphatic heterocycles. The molecule has 0 bridgehead atoms. The molecule has 0 radical (unpaired) electrons. The van der Waals surface area contributed by atoms with Crippen molar-refractivity contribution in [3.63, 3.8) is 0 Å². The largest absolute Gasteiger partial charge is 0.438 e. The van der Waals surface area contributed by atoms with E-state index in [4.69, 9.17) is 15.9 Å². The molecule has 1 aromatic rings. The molecule has 0 fully saturated rings. The fraction of sp³-hybridized carbons (Fsp3) is 0.500. The first-order chi connectivity index (χ1) is 12.1. The van der Waals surface area contributed by atoms with E-state index in [1.54, 1.807) is 0 Å². The second-order valence-corrected chi connectivity index (χ2v) is 6.50. The fourth-order valence-electron chi connectivity index (χ4n) is 2.97. The predicted molar refractivity (Wildman–Crippen MR) is 102 cm³/mol. The van der Waals surface area contributed by atoms with Crippen LogP contribution in [0.2, 0.25) is 0 Å². The van der Waals surface area contributed by atoms with Crippen molar-refractivity contribution in [2.24, 2.45) is 17.8 Å². The quantitative estimate of drug-likeness (QED) is 0.177. The molecule has 0 aliphatic carbocycles. The summed E-state index contributed by atoms with van der Waals surface area (Å²) >= 11 is 0. The van der Waals surface area contributed by atoms with Crippen molar-refractivity contribution in [2.75, 3.05) is 6.79 Å². The number of ether oxygens (including phenoxy) is 2. The Balaban J connectivity index is 2.23. The Bertz CT molecular complexity index is 544. The summed E-state index contributed by atoms with van der Waals surface area (Å²) in [6, 6.07) is 9.80. The standard InChI is InChI=1S/C22H30O3/c1-5-11-19(4)21(18(3)6-2)14-10-15-22(23)25-17-24-16-20-12-8-7-9-13-20/h1,6-9,12-13,18-19,21H,2,10-11,14-17H2,3-4H3/t18-,19-,21-/m1/s1. The number of terminal acetylenes is 1. The molecular weight excluding hydrogens is 312 g/mol. The molecule has 0 amide bonds. The second kappa shape index (κ2) is 12.3. The third-order valence-electron chi connectivity index (χ3n) is 4.55. The molecule has 3 nitrogen and oxygen atoms in total. The molecule has 0 aromatic heterocycles. The average molecular weight is 342 g/mol. The Labute approximate surface area is 152 Å². The van der Waals surface area contributed by atoms with Crippen LogP contribution in [0.15, 0.2) is 43.0 Å². The molecule has 0 unspecified atom stereocenters. The lowest BCUT2D eigenvalue weighted by atomic mass is 9.78. The van der Waals surface area contributed by atoms with Crippen molar-refractivity contribution >= 4 is 5.97 Å². The molecule has 0 N–H and O–H groups in total. The van der Waals surface area contributed by atoms with Gasteiger partial charge in [-0.2, -0.15) is 0 Å². The van der Waals surface area contributed by atoms with Crippen LogP contribution in [0.3, 0.4) is 0 Å². The zero-order valence-electron chi connectivity index (χ0n) is 15.4. The lowest BCUT2D eigenvalue weighted by Gasteiger charge is -2.26. The van der Waals surface area contributed by atoms with Gasteiger partial charge < -0.3 is 9.47 Å². The minimum Gasteiger partial charge on any atom is -0.438 e. The SMILES string of the molecule is C#CC[C@@H](C)[C@H](CCCC(=O)OCOCc1ccccc1)[C@H](C)C=C. The van der Waals surface area contributed by atoms with Crippen molar-refractivity contribution in [2.45, 2.75) is 46.1 Å². The average Bonchev–Trinajstić information content (AvgIpc) is 2.63. The van der Waals surface area contributed by atoms with E-state index in [1.807, 2.05) is 36.4 Å². The summed E-state index contributed by atoms with van der Waals surface area (Å²) in [7, 11) is 0. The van der Waals surface area contributed by atoms with E-state index < -0.39 is 0 Å². The number of esters is 1. The first-order valence-electron chi connectivity index (χ1n) is 8.91. The summed E-state index contributed by atoms with van der Waals surface area (Å²) in [6.45, 7) is 8.64. The van der Waals surface area contributed by atoms with E-state index >= 15 is 0 Å². The van der Waals surface area contributed by atoms with Gasteiger partial charge in [-0.25, -0.2) is 0 Å². The van der Waals surface area contributed by atoms with E-state index in [0.29, 0.717) is 30.8 Å². The van der Waals surface area contributed by atoms with Gasteiger partial charge in [0.2, 0.25) is 0 Å². The highest BCUT2D eigenvalue weighted by atomic mass is 16.7. The van der Waals surface area contributed by atoms with Gasteiger partial charge in [-0.3, -0.25) is 4.79 Å². The summed E-state index contributed by atoms with van der Waals surface area (Å²) < 4.78 is 10.5. The van der Waals surface area contributed by atoms with Crippen LogP contribution in [0.4, 0.5) is 0 Å². The normalized spacial score (nSPS) is 14.1. The maximum Gasteiger partial charge on any atom is 0.307 e. The maximum absolute atomic E-state index is 11.8. The van der Waals surface area contributed by atoms with Crippen LogP contribution in [0.5, 0.6) is 0 Å². The molecular formula is C22H30O3. The summed E-state index contributed by atoms with van der Waals surface area (Å²) in [5.74, 6) is 3.75. The molecule has 1 aromatic carbocycles. The maximum atomic E-state index is 11.8. The van der Waals surface area contributed by atoms with Crippen LogP contribution in [-0.4, -0.2) is 12.8 Å². The molecule has 0 saturated heterocycles. The molecule has 0 aliphatic rings. The molecule has 0 spiro atoms. The number of hydrogen-bond donors (Lipinski definition) is 0. The summed E-state index contributed by atoms with van der Waals surface area (Å²) in [5.41, 5.74) is 1.06. The van der Waals surface area contributed by atoms with Gasteiger partial charge >= 0.3 is 5.97 Å². The third kappa shape index (κ3) is 8.56. The van der Waals surface area contributed by atoms with Crippen molar-refractivity contribution in [1.82, 2.24) is 0 Å². The van der Waals surface area contributed by atoms with Crippen molar-refractivity contribution in [3.05, 3.63) is 48.6 Å². The highest BCUT2D eigenvalue weighted by Crippen LogP contribution is 2.29. The minimum absolute atomic E-state index is 0.00624. The molecule has 136 valence electrons. The Morgan fingerprint density at radius 2 is 2.04 bits per heavy atom. The molecule has 3 atom stereocenters. The molecule has 0 saturated carbocycles. The van der Waals surface area contributed by atoms with E-state index in [9.17, 15) is 4.79 Å². The topological polar surface area (TPSA) is 35.5 Å². The van der Waals surface area contributed by atoms with Crippen molar-refractivity contribution in [1.29, 1.82) is 0 Å². The first-order valence-corrected chi connectivity index (χ1v) is 8.91. The highest BCUT2D eigenvalue weighted by molar-refractivity contribution is 5.69. The van der Waals surface area contributed by atoms with E-state index in [2.05, 4.69) is 26.3 Å². The van der Waals surface area contributed by atoms with Crippen LogP contribution in [0, 0.1) is 30.1 Å². The predicted octanol–water partition coefficient (Wildman–Crippen LogP) is 4.97. The number of carbonyl (C=O) groups excluding carboxylic acids is 1. The molecule has 1 rings (SSSR count). The van der Waals surface area contributed by atoms with Gasteiger partial charge in [-0.15, -0.1) is 18.9 Å². The fourth-order valence-corrected chi connectivity index (χ4v) is 2.97. The Hall–Kier alpha value is -2.05. The number of hydrogen-bond acceptors (Lipinski definition) is 3. The van der Waals surface area contributed by atoms with E-state index in [-0.39, 0.29) is 12.8 Å². The van der Waals surface area contributed by atoms with Gasteiger partial charge in [0.1, 0.15) is 0 Å². The first kappa shape index (κ1) is 21.0. The van der Waals surface area contributed by atoms with Crippen LogP contribution >= 0.6 is 0 Å². The van der Waals surface area contributed by atoms with Gasteiger partial charge in [-0.1, -0.05) is 50.3 Å². The Morgan fingerprint density at radius 1 is 1.32 bits per heavy atom. The second-order valence-electron chi connectivity index (χ2n) is 6.50. The lowest BCUT2D eigenvalue weighted by Crippen LogP contribution is -2.19. The zero-order valence-corrected chi connectivity index (χ0v) is 15.4. The number of benzene rings is 1. The van der Waals surface area contributed by atoms with E-state index in [1.165, 1.54) is 0 Å².